The lowest BCUT2D eigenvalue weighted by Gasteiger charge is -2.46. The summed E-state index contributed by atoms with van der Waals surface area (Å²) in [7, 11) is 0. The molecule has 2 aromatic rings. The van der Waals surface area contributed by atoms with Crippen LogP contribution in [0.3, 0.4) is 0 Å². The van der Waals surface area contributed by atoms with Gasteiger partial charge in [0.05, 0.1) is 12.1 Å². The highest BCUT2D eigenvalue weighted by molar-refractivity contribution is 5.89. The Morgan fingerprint density at radius 1 is 1.04 bits per heavy atom. The van der Waals surface area contributed by atoms with Crippen molar-refractivity contribution in [2.75, 3.05) is 5.32 Å². The molecule has 5 heteroatoms. The van der Waals surface area contributed by atoms with Crippen molar-refractivity contribution in [1.82, 2.24) is 5.32 Å². The number of nitrogens with one attached hydrogen (secondary N) is 3. The Bertz CT molecular complexity index is 792. The van der Waals surface area contributed by atoms with E-state index in [1.165, 1.54) is 42.5 Å². The number of benzene rings is 2. The first-order valence-corrected chi connectivity index (χ1v) is 10.3. The summed E-state index contributed by atoms with van der Waals surface area (Å²) < 4.78 is 13.0. The lowest BCUT2D eigenvalue weighted by Crippen LogP contribution is -3.20. The van der Waals surface area contributed by atoms with Gasteiger partial charge in [0, 0.05) is 30.1 Å². The van der Waals surface area contributed by atoms with Crippen LogP contribution in [0.1, 0.15) is 43.2 Å². The third-order valence-electron chi connectivity index (χ3n) is 6.26. The standard InChI is InChI=1S/C23H28FN3O/c1-16-5-7-17(8-6-16)15-27-21-3-2-4-22(27)14-20(13-21)26-23(28)25-19-11-9-18(24)10-12-19/h5-12,20-22H,2-4,13-15H2,1H3,(H2,25,26,28)/p+1/t20?,21-,22+. The molecule has 0 saturated carbocycles. The molecule has 2 bridgehead atoms. The average molecular weight is 383 g/mol. The first-order chi connectivity index (χ1) is 13.6. The zero-order valence-electron chi connectivity index (χ0n) is 16.4. The number of piperidine rings is 2. The van der Waals surface area contributed by atoms with Crippen LogP contribution in [-0.4, -0.2) is 24.2 Å². The molecule has 4 atom stereocenters. The molecule has 2 fully saturated rings. The molecule has 28 heavy (non-hydrogen) atoms. The number of quaternary nitrogens is 1. The molecule has 2 heterocycles. The molecule has 2 saturated heterocycles. The van der Waals surface area contributed by atoms with Gasteiger partial charge >= 0.3 is 6.03 Å². The first kappa shape index (κ1) is 18.9. The van der Waals surface area contributed by atoms with E-state index in [1.807, 2.05) is 0 Å². The van der Waals surface area contributed by atoms with Crippen molar-refractivity contribution >= 4 is 11.7 Å². The molecule has 4 rings (SSSR count). The summed E-state index contributed by atoms with van der Waals surface area (Å²) in [5.74, 6) is -0.303. The molecule has 0 radical (unpaired) electrons. The quantitative estimate of drug-likeness (QED) is 0.745. The zero-order valence-corrected chi connectivity index (χ0v) is 16.4. The van der Waals surface area contributed by atoms with E-state index in [-0.39, 0.29) is 17.9 Å². The number of hydrogen-bond acceptors (Lipinski definition) is 1. The number of rotatable bonds is 4. The minimum absolute atomic E-state index is 0.198. The molecule has 2 aliphatic heterocycles. The van der Waals surface area contributed by atoms with Crippen molar-refractivity contribution in [3.05, 3.63) is 65.5 Å². The molecule has 0 aliphatic carbocycles. The molecule has 0 aromatic heterocycles. The van der Waals surface area contributed by atoms with Crippen LogP contribution in [0.2, 0.25) is 0 Å². The van der Waals surface area contributed by atoms with E-state index in [0.29, 0.717) is 17.8 Å². The number of carbonyl (C=O) groups is 1. The van der Waals surface area contributed by atoms with Crippen molar-refractivity contribution in [2.24, 2.45) is 0 Å². The van der Waals surface area contributed by atoms with Crippen LogP contribution in [0, 0.1) is 12.7 Å². The third-order valence-corrected chi connectivity index (χ3v) is 6.26. The molecular formula is C23H29FN3O+. The lowest BCUT2D eigenvalue weighted by molar-refractivity contribution is -0.973. The second-order valence-corrected chi connectivity index (χ2v) is 8.34. The SMILES string of the molecule is Cc1ccc(C[NH+]2[C@@H]3CCC[C@H]2CC(NC(=O)Nc2ccc(F)cc2)C3)cc1. The molecule has 2 unspecified atom stereocenters. The second-order valence-electron chi connectivity index (χ2n) is 8.34. The maximum atomic E-state index is 13.0. The van der Waals surface area contributed by atoms with Crippen LogP contribution in [-0.2, 0) is 6.54 Å². The van der Waals surface area contributed by atoms with Gasteiger partial charge in [-0.05, 0) is 50.5 Å². The number of anilines is 1. The van der Waals surface area contributed by atoms with E-state index in [0.717, 1.165) is 19.4 Å². The van der Waals surface area contributed by atoms with Crippen LogP contribution in [0.25, 0.3) is 0 Å². The van der Waals surface area contributed by atoms with Crippen LogP contribution in [0.4, 0.5) is 14.9 Å². The summed E-state index contributed by atoms with van der Waals surface area (Å²) in [6, 6.07) is 16.0. The van der Waals surface area contributed by atoms with E-state index >= 15 is 0 Å². The van der Waals surface area contributed by atoms with Gasteiger partial charge in [0.2, 0.25) is 0 Å². The van der Waals surface area contributed by atoms with Crippen molar-refractivity contribution < 1.29 is 14.1 Å². The fourth-order valence-corrected chi connectivity index (χ4v) is 4.87. The summed E-state index contributed by atoms with van der Waals surface area (Å²) in [5.41, 5.74) is 3.31. The molecule has 4 nitrogen and oxygen atoms in total. The van der Waals surface area contributed by atoms with Gasteiger partial charge < -0.3 is 15.5 Å². The van der Waals surface area contributed by atoms with E-state index in [4.69, 9.17) is 0 Å². The maximum Gasteiger partial charge on any atom is 0.319 e. The van der Waals surface area contributed by atoms with Gasteiger partial charge in [0.15, 0.2) is 0 Å². The van der Waals surface area contributed by atoms with Crippen LogP contribution < -0.4 is 15.5 Å². The van der Waals surface area contributed by atoms with Crippen molar-refractivity contribution in [3.63, 3.8) is 0 Å². The molecule has 148 valence electrons. The van der Waals surface area contributed by atoms with Crippen LogP contribution in [0.5, 0.6) is 0 Å². The molecule has 2 aliphatic rings. The Balaban J connectivity index is 1.35. The minimum atomic E-state index is -0.303. The number of urea groups is 1. The monoisotopic (exact) mass is 382 g/mol. The Morgan fingerprint density at radius 2 is 1.68 bits per heavy atom. The number of amides is 2. The van der Waals surface area contributed by atoms with Gasteiger partial charge in [-0.2, -0.15) is 0 Å². The van der Waals surface area contributed by atoms with Crippen molar-refractivity contribution in [3.8, 4) is 0 Å². The van der Waals surface area contributed by atoms with Gasteiger partial charge in [-0.25, -0.2) is 9.18 Å². The normalized spacial score (nSPS) is 26.5. The Hall–Kier alpha value is -2.40. The number of hydrogen-bond donors (Lipinski definition) is 3. The molecular weight excluding hydrogens is 353 g/mol. The van der Waals surface area contributed by atoms with Gasteiger partial charge in [0.1, 0.15) is 12.4 Å². The Morgan fingerprint density at radius 3 is 2.32 bits per heavy atom. The van der Waals surface area contributed by atoms with E-state index in [9.17, 15) is 9.18 Å². The molecule has 0 spiro atoms. The number of halogens is 1. The van der Waals surface area contributed by atoms with Gasteiger partial charge in [0.25, 0.3) is 0 Å². The summed E-state index contributed by atoms with van der Waals surface area (Å²) in [6.07, 6.45) is 5.80. The Labute approximate surface area is 166 Å². The van der Waals surface area contributed by atoms with Crippen molar-refractivity contribution in [1.29, 1.82) is 0 Å². The third kappa shape index (κ3) is 4.53. The maximum absolute atomic E-state index is 13.0. The van der Waals surface area contributed by atoms with E-state index < -0.39 is 0 Å². The molecule has 2 amide bonds. The second kappa shape index (κ2) is 8.31. The fraction of sp³-hybridized carbons (Fsp3) is 0.435. The largest absolute Gasteiger partial charge is 0.335 e. The summed E-state index contributed by atoms with van der Waals surface area (Å²) >= 11 is 0. The van der Waals surface area contributed by atoms with Crippen LogP contribution in [0.15, 0.2) is 48.5 Å². The van der Waals surface area contributed by atoms with Crippen molar-refractivity contribution in [2.45, 2.75) is 63.7 Å². The van der Waals surface area contributed by atoms with E-state index in [1.54, 1.807) is 17.0 Å². The summed E-state index contributed by atoms with van der Waals surface area (Å²) in [4.78, 5) is 14.1. The summed E-state index contributed by atoms with van der Waals surface area (Å²) in [5, 5.41) is 5.96. The highest BCUT2D eigenvalue weighted by Gasteiger charge is 2.42. The minimum Gasteiger partial charge on any atom is -0.335 e. The zero-order chi connectivity index (χ0) is 19.5. The smallest absolute Gasteiger partial charge is 0.319 e. The lowest BCUT2D eigenvalue weighted by atomic mass is 9.81. The molecule has 3 N–H and O–H groups in total. The van der Waals surface area contributed by atoms with Gasteiger partial charge in [-0.3, -0.25) is 0 Å². The number of aryl methyl sites for hydroxylation is 1. The highest BCUT2D eigenvalue weighted by atomic mass is 19.1. The topological polar surface area (TPSA) is 45.6 Å². The fourth-order valence-electron chi connectivity index (χ4n) is 4.87. The predicted octanol–water partition coefficient (Wildman–Crippen LogP) is 3.42. The predicted molar refractivity (Wildman–Crippen MR) is 109 cm³/mol. The average Bonchev–Trinajstić information content (AvgIpc) is 2.66. The number of carbonyl (C=O) groups excluding carboxylic acids is 1. The van der Waals surface area contributed by atoms with Gasteiger partial charge in [-0.15, -0.1) is 0 Å². The van der Waals surface area contributed by atoms with Gasteiger partial charge in [-0.1, -0.05) is 29.8 Å². The molecule has 2 aromatic carbocycles. The van der Waals surface area contributed by atoms with Crippen LogP contribution >= 0.6 is 0 Å². The van der Waals surface area contributed by atoms with E-state index in [2.05, 4.69) is 41.8 Å². The highest BCUT2D eigenvalue weighted by Crippen LogP contribution is 2.23. The first-order valence-electron chi connectivity index (χ1n) is 10.3. The number of fused-ring (bicyclic) bond motifs is 2. The Kier molecular flexibility index (Phi) is 5.62. The summed E-state index contributed by atoms with van der Waals surface area (Å²) in [6.45, 7) is 3.20.